The van der Waals surface area contributed by atoms with Gasteiger partial charge in [-0.15, -0.1) is 22.7 Å². The molecule has 3 heterocycles. The van der Waals surface area contributed by atoms with E-state index in [2.05, 4.69) is 20.0 Å². The van der Waals surface area contributed by atoms with Crippen molar-refractivity contribution in [3.05, 3.63) is 52.3 Å². The fraction of sp³-hybridized carbons (Fsp3) is 0.286. The van der Waals surface area contributed by atoms with E-state index >= 15 is 0 Å². The number of thiophene rings is 1. The van der Waals surface area contributed by atoms with Gasteiger partial charge >= 0.3 is 0 Å². The number of nitrogens with zero attached hydrogens (tertiary/aromatic N) is 2. The largest absolute Gasteiger partial charge is 0.321 e. The van der Waals surface area contributed by atoms with Crippen molar-refractivity contribution in [1.29, 1.82) is 0 Å². The number of benzene rings is 1. The molecule has 1 aliphatic rings. The van der Waals surface area contributed by atoms with Crippen LogP contribution in [0.25, 0.3) is 9.88 Å². The molecule has 0 radical (unpaired) electrons. The van der Waals surface area contributed by atoms with Crippen LogP contribution in [0.5, 0.6) is 0 Å². The second-order valence-corrected chi connectivity index (χ2v) is 10.8. The van der Waals surface area contributed by atoms with Gasteiger partial charge in [0.2, 0.25) is 0 Å². The standard InChI is InChI=1S/C21H22N4O3S3/c1-14-19(30-21(23-14)17-6-5-13-29-17)20(26)24-15-8-10-16(11-9-15)31(27,28)25-18-7-3-2-4-12-22-18/h5-6,8-11,13H,2-4,7,12H2,1H3,(H,22,25)(H,24,26). The topological polar surface area (TPSA) is 101 Å². The Kier molecular flexibility index (Phi) is 6.49. The quantitative estimate of drug-likeness (QED) is 0.560. The Hall–Kier alpha value is -2.56. The van der Waals surface area contributed by atoms with Gasteiger partial charge in [-0.2, -0.15) is 0 Å². The molecule has 162 valence electrons. The molecule has 3 aromatic rings. The number of hydrogen-bond acceptors (Lipinski definition) is 7. The van der Waals surface area contributed by atoms with Gasteiger partial charge in [-0.05, 0) is 55.5 Å². The number of amides is 1. The van der Waals surface area contributed by atoms with Crippen LogP contribution in [0.1, 0.15) is 41.0 Å². The van der Waals surface area contributed by atoms with Crippen LogP contribution >= 0.6 is 22.7 Å². The van der Waals surface area contributed by atoms with Crippen LogP contribution in [0.15, 0.2) is 51.7 Å². The summed E-state index contributed by atoms with van der Waals surface area (Å²) in [5, 5.41) is 5.60. The Labute approximate surface area is 189 Å². The van der Waals surface area contributed by atoms with Gasteiger partial charge < -0.3 is 5.32 Å². The maximum atomic E-state index is 12.7. The molecule has 1 amide bonds. The summed E-state index contributed by atoms with van der Waals surface area (Å²) < 4.78 is 27.9. The Morgan fingerprint density at radius 2 is 1.90 bits per heavy atom. The molecule has 7 nitrogen and oxygen atoms in total. The Morgan fingerprint density at radius 3 is 2.65 bits per heavy atom. The summed E-state index contributed by atoms with van der Waals surface area (Å²) in [7, 11) is -3.70. The summed E-state index contributed by atoms with van der Waals surface area (Å²) in [5.74, 6) is 0.247. The number of nitrogens with one attached hydrogen (secondary N) is 2. The third kappa shape index (κ3) is 5.20. The minimum absolute atomic E-state index is 0.131. The highest BCUT2D eigenvalue weighted by Crippen LogP contribution is 2.31. The van der Waals surface area contributed by atoms with E-state index in [9.17, 15) is 13.2 Å². The van der Waals surface area contributed by atoms with Gasteiger partial charge in [0, 0.05) is 18.7 Å². The Morgan fingerprint density at radius 1 is 1.10 bits per heavy atom. The smallest absolute Gasteiger partial charge is 0.267 e. The van der Waals surface area contributed by atoms with Gasteiger partial charge in [-0.3, -0.25) is 14.5 Å². The van der Waals surface area contributed by atoms with Crippen molar-refractivity contribution in [2.45, 2.75) is 37.5 Å². The third-order valence-corrected chi connectivity index (χ3v) is 8.38. The number of hydrogen-bond donors (Lipinski definition) is 2. The van der Waals surface area contributed by atoms with Crippen molar-refractivity contribution in [2.24, 2.45) is 4.99 Å². The van der Waals surface area contributed by atoms with Crippen LogP contribution in [0.4, 0.5) is 5.69 Å². The van der Waals surface area contributed by atoms with Gasteiger partial charge in [0.15, 0.2) is 0 Å². The number of anilines is 1. The number of carbonyl (C=O) groups is 1. The lowest BCUT2D eigenvalue weighted by atomic mass is 10.2. The average molecular weight is 475 g/mol. The van der Waals surface area contributed by atoms with Gasteiger partial charge in [-0.1, -0.05) is 12.5 Å². The molecule has 0 atom stereocenters. The number of thiazole rings is 1. The zero-order valence-corrected chi connectivity index (χ0v) is 19.4. The summed E-state index contributed by atoms with van der Waals surface area (Å²) >= 11 is 2.92. The molecule has 31 heavy (non-hydrogen) atoms. The van der Waals surface area contributed by atoms with Crippen molar-refractivity contribution >= 4 is 50.1 Å². The fourth-order valence-corrected chi connectivity index (χ4v) is 6.04. The van der Waals surface area contributed by atoms with Crippen LogP contribution in [0.3, 0.4) is 0 Å². The molecule has 1 aromatic carbocycles. The van der Waals surface area contributed by atoms with E-state index in [0.29, 0.717) is 35.1 Å². The summed E-state index contributed by atoms with van der Waals surface area (Å²) in [6, 6.07) is 10.0. The maximum absolute atomic E-state index is 12.7. The van der Waals surface area contributed by atoms with Crippen molar-refractivity contribution in [2.75, 3.05) is 11.9 Å². The predicted molar refractivity (Wildman–Crippen MR) is 126 cm³/mol. The van der Waals surface area contributed by atoms with Crippen LogP contribution in [0.2, 0.25) is 0 Å². The second-order valence-electron chi connectivity index (χ2n) is 7.13. The van der Waals surface area contributed by atoms with E-state index in [1.165, 1.54) is 23.5 Å². The number of aryl methyl sites for hydroxylation is 1. The van der Waals surface area contributed by atoms with Gasteiger partial charge in [-0.25, -0.2) is 13.4 Å². The van der Waals surface area contributed by atoms with E-state index in [1.807, 2.05) is 17.5 Å². The van der Waals surface area contributed by atoms with Crippen LogP contribution < -0.4 is 10.0 Å². The number of aromatic nitrogens is 1. The minimum atomic E-state index is -3.70. The summed E-state index contributed by atoms with van der Waals surface area (Å²) in [4.78, 5) is 23.2. The molecule has 2 N–H and O–H groups in total. The number of amidine groups is 1. The number of sulfonamides is 1. The van der Waals surface area contributed by atoms with Crippen LogP contribution in [0, 0.1) is 6.92 Å². The number of carbonyl (C=O) groups excluding carboxylic acids is 1. The molecule has 2 aromatic heterocycles. The molecule has 0 saturated carbocycles. The first-order chi connectivity index (χ1) is 14.9. The van der Waals surface area contributed by atoms with Crippen molar-refractivity contribution in [3.8, 4) is 9.88 Å². The molecule has 0 saturated heterocycles. The van der Waals surface area contributed by atoms with Gasteiger partial charge in [0.05, 0.1) is 15.5 Å². The molecule has 0 unspecified atom stereocenters. The molecule has 0 aliphatic carbocycles. The minimum Gasteiger partial charge on any atom is -0.321 e. The maximum Gasteiger partial charge on any atom is 0.267 e. The van der Waals surface area contributed by atoms with Gasteiger partial charge in [0.25, 0.3) is 15.9 Å². The van der Waals surface area contributed by atoms with Crippen LogP contribution in [-0.4, -0.2) is 31.7 Å². The van der Waals surface area contributed by atoms with E-state index in [1.54, 1.807) is 30.4 Å². The SMILES string of the molecule is Cc1nc(-c2cccs2)sc1C(=O)Nc1ccc(S(=O)(=O)NC2=NCCCCC2)cc1. The van der Waals surface area contributed by atoms with Crippen LogP contribution in [-0.2, 0) is 10.0 Å². The molecular weight excluding hydrogens is 452 g/mol. The zero-order chi connectivity index (χ0) is 21.8. The fourth-order valence-electron chi connectivity index (χ4n) is 3.19. The molecule has 0 fully saturated rings. The van der Waals surface area contributed by atoms with E-state index in [-0.39, 0.29) is 10.8 Å². The average Bonchev–Trinajstić information content (AvgIpc) is 3.33. The van der Waals surface area contributed by atoms with Crippen molar-refractivity contribution in [1.82, 2.24) is 9.71 Å². The lowest BCUT2D eigenvalue weighted by Gasteiger charge is -2.10. The molecule has 0 bridgehead atoms. The summed E-state index contributed by atoms with van der Waals surface area (Å²) in [5.41, 5.74) is 1.18. The summed E-state index contributed by atoms with van der Waals surface area (Å²) in [6.07, 6.45) is 3.59. The monoisotopic (exact) mass is 474 g/mol. The summed E-state index contributed by atoms with van der Waals surface area (Å²) in [6.45, 7) is 2.45. The first-order valence-electron chi connectivity index (χ1n) is 9.91. The second kappa shape index (κ2) is 9.29. The highest BCUT2D eigenvalue weighted by atomic mass is 32.2. The normalized spacial score (nSPS) is 14.5. The molecule has 0 spiro atoms. The highest BCUT2D eigenvalue weighted by molar-refractivity contribution is 7.90. The molecule has 4 rings (SSSR count). The predicted octanol–water partition coefficient (Wildman–Crippen LogP) is 4.68. The Bertz CT molecular complexity index is 1200. The lowest BCUT2D eigenvalue weighted by Crippen LogP contribution is -2.30. The molecular formula is C21H22N4O3S3. The highest BCUT2D eigenvalue weighted by Gasteiger charge is 2.19. The molecule has 10 heteroatoms. The van der Waals surface area contributed by atoms with Crippen molar-refractivity contribution < 1.29 is 13.2 Å². The lowest BCUT2D eigenvalue weighted by molar-refractivity contribution is 0.103. The van der Waals surface area contributed by atoms with E-state index in [0.717, 1.165) is 29.1 Å². The Balaban J connectivity index is 1.45. The number of aliphatic imine (C=N–C) groups is 1. The first kappa shape index (κ1) is 21.7. The van der Waals surface area contributed by atoms with Crippen molar-refractivity contribution in [3.63, 3.8) is 0 Å². The first-order valence-corrected chi connectivity index (χ1v) is 13.1. The number of rotatable bonds is 5. The molecule has 1 aliphatic heterocycles. The zero-order valence-electron chi connectivity index (χ0n) is 16.9. The van der Waals surface area contributed by atoms with E-state index in [4.69, 9.17) is 0 Å². The van der Waals surface area contributed by atoms with E-state index < -0.39 is 10.0 Å². The van der Waals surface area contributed by atoms with Gasteiger partial charge in [0.1, 0.15) is 15.7 Å². The third-order valence-electron chi connectivity index (χ3n) is 4.78.